The summed E-state index contributed by atoms with van der Waals surface area (Å²) in [5.74, 6) is -1.22. The first-order valence-electron chi connectivity index (χ1n) is 4.95. The van der Waals surface area contributed by atoms with E-state index in [0.29, 0.717) is 6.54 Å². The number of hydrogen-bond donors (Lipinski definition) is 1. The van der Waals surface area contributed by atoms with Gasteiger partial charge in [-0.3, -0.25) is 0 Å². The molecule has 0 aliphatic carbocycles. The summed E-state index contributed by atoms with van der Waals surface area (Å²) in [6.07, 6.45) is 0. The number of nitrogens with zero attached hydrogens (tertiary/aromatic N) is 1. The van der Waals surface area contributed by atoms with E-state index in [2.05, 4.69) is 4.74 Å². The fourth-order valence-electron chi connectivity index (χ4n) is 1.50. The van der Waals surface area contributed by atoms with Gasteiger partial charge in [0, 0.05) is 31.8 Å². The van der Waals surface area contributed by atoms with Crippen LogP contribution in [0.2, 0.25) is 0 Å². The maximum absolute atomic E-state index is 13.6. The molecule has 1 aromatic carbocycles. The highest BCUT2D eigenvalue weighted by atomic mass is 19.1. The first kappa shape index (κ1) is 12.7. The molecule has 0 spiro atoms. The van der Waals surface area contributed by atoms with Crippen LogP contribution < -0.4 is 15.4 Å². The van der Waals surface area contributed by atoms with Gasteiger partial charge in [0.2, 0.25) is 0 Å². The van der Waals surface area contributed by atoms with E-state index in [1.54, 1.807) is 18.9 Å². The minimum Gasteiger partial charge on any atom is -0.494 e. The van der Waals surface area contributed by atoms with Gasteiger partial charge in [-0.1, -0.05) is 0 Å². The van der Waals surface area contributed by atoms with Gasteiger partial charge in [-0.25, -0.2) is 8.78 Å². The molecule has 5 heteroatoms. The summed E-state index contributed by atoms with van der Waals surface area (Å²) in [6.45, 7) is 2.25. The standard InChI is InChI=1S/C11H16F2N2O/c1-7(14)6-15(2)10-4-9(13)11(16-3)5-8(10)12/h4-5,7H,6,14H2,1-3H3. The van der Waals surface area contributed by atoms with Crippen LogP contribution in [0.15, 0.2) is 12.1 Å². The summed E-state index contributed by atoms with van der Waals surface area (Å²) < 4.78 is 31.7. The van der Waals surface area contributed by atoms with E-state index in [9.17, 15) is 8.78 Å². The van der Waals surface area contributed by atoms with Crippen molar-refractivity contribution in [3.8, 4) is 5.75 Å². The van der Waals surface area contributed by atoms with Crippen molar-refractivity contribution >= 4 is 5.69 Å². The number of nitrogens with two attached hydrogens (primary N) is 1. The summed E-state index contributed by atoms with van der Waals surface area (Å²) >= 11 is 0. The normalized spacial score (nSPS) is 12.4. The lowest BCUT2D eigenvalue weighted by molar-refractivity contribution is 0.383. The van der Waals surface area contributed by atoms with Gasteiger partial charge in [-0.05, 0) is 6.92 Å². The smallest absolute Gasteiger partial charge is 0.167 e. The maximum Gasteiger partial charge on any atom is 0.167 e. The zero-order valence-electron chi connectivity index (χ0n) is 9.63. The Morgan fingerprint density at radius 1 is 1.38 bits per heavy atom. The van der Waals surface area contributed by atoms with Crippen LogP contribution in [0.25, 0.3) is 0 Å². The summed E-state index contributed by atoms with van der Waals surface area (Å²) in [4.78, 5) is 1.57. The Balaban J connectivity index is 3.01. The third-order valence-electron chi connectivity index (χ3n) is 2.19. The molecule has 0 fully saturated rings. The molecule has 0 heterocycles. The molecule has 0 aliphatic heterocycles. The summed E-state index contributed by atoms with van der Waals surface area (Å²) in [5, 5.41) is 0. The highest BCUT2D eigenvalue weighted by Crippen LogP contribution is 2.26. The summed E-state index contributed by atoms with van der Waals surface area (Å²) in [6, 6.07) is 2.02. The van der Waals surface area contributed by atoms with Crippen LogP contribution in [0.3, 0.4) is 0 Å². The molecule has 0 saturated carbocycles. The van der Waals surface area contributed by atoms with Gasteiger partial charge < -0.3 is 15.4 Å². The Morgan fingerprint density at radius 3 is 2.50 bits per heavy atom. The molecular formula is C11H16F2N2O. The molecule has 1 aromatic rings. The summed E-state index contributed by atoms with van der Waals surface area (Å²) in [7, 11) is 2.96. The quantitative estimate of drug-likeness (QED) is 0.856. The van der Waals surface area contributed by atoms with Crippen molar-refractivity contribution in [2.45, 2.75) is 13.0 Å². The monoisotopic (exact) mass is 230 g/mol. The molecule has 1 rings (SSSR count). The molecule has 16 heavy (non-hydrogen) atoms. The highest BCUT2D eigenvalue weighted by Gasteiger charge is 2.14. The van der Waals surface area contributed by atoms with E-state index in [0.717, 1.165) is 12.1 Å². The zero-order chi connectivity index (χ0) is 12.3. The van der Waals surface area contributed by atoms with E-state index in [-0.39, 0.29) is 17.5 Å². The van der Waals surface area contributed by atoms with Crippen LogP contribution in [-0.4, -0.2) is 26.7 Å². The summed E-state index contributed by atoms with van der Waals surface area (Å²) in [5.41, 5.74) is 5.77. The third-order valence-corrected chi connectivity index (χ3v) is 2.19. The predicted molar refractivity (Wildman–Crippen MR) is 59.8 cm³/mol. The second-order valence-corrected chi connectivity index (χ2v) is 3.80. The molecule has 0 amide bonds. The number of halogens is 2. The number of ether oxygens (including phenoxy) is 1. The molecule has 1 atom stereocenters. The molecule has 0 aliphatic rings. The van der Waals surface area contributed by atoms with Crippen molar-refractivity contribution in [1.29, 1.82) is 0 Å². The van der Waals surface area contributed by atoms with Crippen LogP contribution in [0.4, 0.5) is 14.5 Å². The molecule has 0 saturated heterocycles. The number of anilines is 1. The van der Waals surface area contributed by atoms with E-state index in [1.165, 1.54) is 7.11 Å². The van der Waals surface area contributed by atoms with Crippen molar-refractivity contribution in [2.75, 3.05) is 25.6 Å². The fraction of sp³-hybridized carbons (Fsp3) is 0.455. The number of hydrogen-bond acceptors (Lipinski definition) is 3. The van der Waals surface area contributed by atoms with Crippen molar-refractivity contribution in [1.82, 2.24) is 0 Å². The third kappa shape index (κ3) is 2.82. The highest BCUT2D eigenvalue weighted by molar-refractivity contribution is 5.50. The molecule has 2 N–H and O–H groups in total. The van der Waals surface area contributed by atoms with E-state index in [1.807, 2.05) is 0 Å². The first-order valence-corrected chi connectivity index (χ1v) is 4.95. The molecule has 3 nitrogen and oxygen atoms in total. The van der Waals surface area contributed by atoms with Gasteiger partial charge in [-0.2, -0.15) is 0 Å². The van der Waals surface area contributed by atoms with Gasteiger partial charge in [0.25, 0.3) is 0 Å². The molecule has 90 valence electrons. The second kappa shape index (κ2) is 5.12. The number of methoxy groups -OCH3 is 1. The minimum absolute atomic E-state index is 0.101. The largest absolute Gasteiger partial charge is 0.494 e. The van der Waals surface area contributed by atoms with Crippen molar-refractivity contribution in [3.05, 3.63) is 23.8 Å². The zero-order valence-corrected chi connectivity index (χ0v) is 9.63. The van der Waals surface area contributed by atoms with Crippen LogP contribution in [0.5, 0.6) is 5.75 Å². The van der Waals surface area contributed by atoms with Crippen LogP contribution in [-0.2, 0) is 0 Å². The molecular weight excluding hydrogens is 214 g/mol. The first-order chi connectivity index (χ1) is 7.45. The Bertz CT molecular complexity index is 369. The van der Waals surface area contributed by atoms with Gasteiger partial charge in [0.1, 0.15) is 5.82 Å². The van der Waals surface area contributed by atoms with Crippen molar-refractivity contribution in [3.63, 3.8) is 0 Å². The lowest BCUT2D eigenvalue weighted by Gasteiger charge is -2.22. The number of likely N-dealkylation sites (N-methyl/N-ethyl adjacent to an activating group) is 1. The Morgan fingerprint density at radius 2 is 2.00 bits per heavy atom. The van der Waals surface area contributed by atoms with E-state index in [4.69, 9.17) is 5.73 Å². The fourth-order valence-corrected chi connectivity index (χ4v) is 1.50. The average molecular weight is 230 g/mol. The lowest BCUT2D eigenvalue weighted by Crippen LogP contribution is -2.33. The molecule has 0 aromatic heterocycles. The van der Waals surface area contributed by atoms with E-state index < -0.39 is 11.6 Å². The van der Waals surface area contributed by atoms with Crippen molar-refractivity contribution < 1.29 is 13.5 Å². The van der Waals surface area contributed by atoms with Crippen LogP contribution >= 0.6 is 0 Å². The van der Waals surface area contributed by atoms with Crippen LogP contribution in [0.1, 0.15) is 6.92 Å². The molecule has 1 unspecified atom stereocenters. The predicted octanol–water partition coefficient (Wildman–Crippen LogP) is 1.76. The molecule has 0 radical (unpaired) electrons. The maximum atomic E-state index is 13.6. The minimum atomic E-state index is -0.588. The number of rotatable bonds is 4. The topological polar surface area (TPSA) is 38.5 Å². The average Bonchev–Trinajstić information content (AvgIpc) is 2.19. The SMILES string of the molecule is COc1cc(F)c(N(C)CC(C)N)cc1F. The lowest BCUT2D eigenvalue weighted by atomic mass is 10.2. The Labute approximate surface area is 93.8 Å². The van der Waals surface area contributed by atoms with Gasteiger partial charge in [0.15, 0.2) is 11.6 Å². The van der Waals surface area contributed by atoms with Crippen molar-refractivity contribution in [2.24, 2.45) is 5.73 Å². The molecule has 0 bridgehead atoms. The number of benzene rings is 1. The van der Waals surface area contributed by atoms with Gasteiger partial charge >= 0.3 is 0 Å². The Hall–Kier alpha value is -1.36. The second-order valence-electron chi connectivity index (χ2n) is 3.80. The van der Waals surface area contributed by atoms with Crippen LogP contribution in [0, 0.1) is 11.6 Å². The van der Waals surface area contributed by atoms with E-state index >= 15 is 0 Å². The van der Waals surface area contributed by atoms with Gasteiger partial charge in [-0.15, -0.1) is 0 Å². The van der Waals surface area contributed by atoms with Gasteiger partial charge in [0.05, 0.1) is 12.8 Å². The Kier molecular flexibility index (Phi) is 4.06.